The number of hydrogen-bond donors (Lipinski definition) is 0. The Hall–Kier alpha value is -1.64. The number of Topliss-reactive ketones (excluding diaryl/α,β-unsaturated/α-hetero) is 1. The molecule has 0 aromatic heterocycles. The summed E-state index contributed by atoms with van der Waals surface area (Å²) in [5, 5.41) is 0. The summed E-state index contributed by atoms with van der Waals surface area (Å²) in [6.45, 7) is 0.647. The number of para-hydroxylation sites is 1. The van der Waals surface area contributed by atoms with Crippen LogP contribution in [0.25, 0.3) is 0 Å². The van der Waals surface area contributed by atoms with Gasteiger partial charge in [-0.05, 0) is 18.6 Å². The number of hydrogen-bond acceptors (Lipinski definition) is 2. The summed E-state index contributed by atoms with van der Waals surface area (Å²) in [4.78, 5) is 24.7. The molecule has 1 amide bonds. The number of nitrogens with zero attached hydrogens (tertiary/aromatic N) is 1. The van der Waals surface area contributed by atoms with Crippen LogP contribution < -0.4 is 4.90 Å². The fourth-order valence-electron chi connectivity index (χ4n) is 1.79. The SMILES string of the molecule is O=C1CCCN(c2ccccc2)C(=O)C1. The maximum atomic E-state index is 11.7. The highest BCUT2D eigenvalue weighted by atomic mass is 16.2. The van der Waals surface area contributed by atoms with E-state index in [0.29, 0.717) is 13.0 Å². The van der Waals surface area contributed by atoms with Crippen molar-refractivity contribution < 1.29 is 9.59 Å². The molecule has 1 aromatic rings. The summed E-state index contributed by atoms with van der Waals surface area (Å²) in [5.41, 5.74) is 0.886. The van der Waals surface area contributed by atoms with E-state index in [4.69, 9.17) is 0 Å². The molecule has 0 aliphatic carbocycles. The van der Waals surface area contributed by atoms with Gasteiger partial charge >= 0.3 is 0 Å². The first-order chi connectivity index (χ1) is 7.27. The number of carbonyl (C=O) groups is 2. The molecular formula is C12H13NO2. The Kier molecular flexibility index (Phi) is 2.81. The van der Waals surface area contributed by atoms with Gasteiger partial charge in [-0.15, -0.1) is 0 Å². The van der Waals surface area contributed by atoms with Crippen LogP contribution in [0.3, 0.4) is 0 Å². The first kappa shape index (κ1) is 9.90. The standard InChI is InChI=1S/C12H13NO2/c14-11-7-4-8-13(12(15)9-11)10-5-2-1-3-6-10/h1-3,5-6H,4,7-9H2. The lowest BCUT2D eigenvalue weighted by molar-refractivity contribution is -0.125. The second kappa shape index (κ2) is 4.26. The molecule has 0 radical (unpaired) electrons. The third kappa shape index (κ3) is 2.24. The van der Waals surface area contributed by atoms with E-state index in [2.05, 4.69) is 0 Å². The van der Waals surface area contributed by atoms with E-state index in [-0.39, 0.29) is 18.1 Å². The Bertz CT molecular complexity index is 372. The van der Waals surface area contributed by atoms with Crippen LogP contribution in [0.5, 0.6) is 0 Å². The van der Waals surface area contributed by atoms with E-state index in [1.54, 1.807) is 4.90 Å². The van der Waals surface area contributed by atoms with Crippen LogP contribution in [0.2, 0.25) is 0 Å². The molecule has 0 spiro atoms. The van der Waals surface area contributed by atoms with E-state index >= 15 is 0 Å². The summed E-state index contributed by atoms with van der Waals surface area (Å²) >= 11 is 0. The number of rotatable bonds is 1. The second-order valence-electron chi connectivity index (χ2n) is 3.70. The van der Waals surface area contributed by atoms with Crippen molar-refractivity contribution in [3.8, 4) is 0 Å². The van der Waals surface area contributed by atoms with Gasteiger partial charge in [0.15, 0.2) is 0 Å². The van der Waals surface area contributed by atoms with E-state index in [1.807, 2.05) is 30.3 Å². The molecule has 1 fully saturated rings. The maximum absolute atomic E-state index is 11.7. The van der Waals surface area contributed by atoms with Gasteiger partial charge in [-0.3, -0.25) is 9.59 Å². The van der Waals surface area contributed by atoms with E-state index in [0.717, 1.165) is 12.1 Å². The highest BCUT2D eigenvalue weighted by Gasteiger charge is 2.22. The average molecular weight is 203 g/mol. The third-order valence-corrected chi connectivity index (χ3v) is 2.55. The Morgan fingerprint density at radius 2 is 1.80 bits per heavy atom. The number of ketones is 1. The fourth-order valence-corrected chi connectivity index (χ4v) is 1.79. The minimum atomic E-state index is -0.0799. The molecule has 3 heteroatoms. The molecule has 1 aliphatic heterocycles. The lowest BCUT2D eigenvalue weighted by Crippen LogP contribution is -2.30. The molecule has 78 valence electrons. The van der Waals surface area contributed by atoms with Crippen molar-refractivity contribution in [2.75, 3.05) is 11.4 Å². The Morgan fingerprint density at radius 1 is 1.07 bits per heavy atom. The van der Waals surface area contributed by atoms with E-state index in [1.165, 1.54) is 0 Å². The Balaban J connectivity index is 2.21. The Labute approximate surface area is 88.7 Å². The van der Waals surface area contributed by atoms with Crippen LogP contribution in [-0.4, -0.2) is 18.2 Å². The molecule has 0 N–H and O–H groups in total. The van der Waals surface area contributed by atoms with Gasteiger partial charge in [0.05, 0.1) is 6.42 Å². The zero-order chi connectivity index (χ0) is 10.7. The molecular weight excluding hydrogens is 190 g/mol. The van der Waals surface area contributed by atoms with E-state index < -0.39 is 0 Å². The van der Waals surface area contributed by atoms with Gasteiger partial charge in [-0.1, -0.05) is 18.2 Å². The highest BCUT2D eigenvalue weighted by Crippen LogP contribution is 2.18. The van der Waals surface area contributed by atoms with Gasteiger partial charge in [-0.2, -0.15) is 0 Å². The molecule has 1 heterocycles. The van der Waals surface area contributed by atoms with Crippen LogP contribution >= 0.6 is 0 Å². The van der Waals surface area contributed by atoms with Crippen molar-refractivity contribution in [2.24, 2.45) is 0 Å². The summed E-state index contributed by atoms with van der Waals surface area (Å²) in [6, 6.07) is 9.50. The number of anilines is 1. The van der Waals surface area contributed by atoms with Crippen LogP contribution in [0.1, 0.15) is 19.3 Å². The van der Waals surface area contributed by atoms with Crippen molar-refractivity contribution in [1.82, 2.24) is 0 Å². The molecule has 0 saturated carbocycles. The molecule has 1 saturated heterocycles. The minimum absolute atomic E-state index is 0.0505. The molecule has 15 heavy (non-hydrogen) atoms. The van der Waals surface area contributed by atoms with Crippen molar-refractivity contribution in [2.45, 2.75) is 19.3 Å². The van der Waals surface area contributed by atoms with Crippen molar-refractivity contribution in [3.63, 3.8) is 0 Å². The zero-order valence-electron chi connectivity index (χ0n) is 8.48. The van der Waals surface area contributed by atoms with Crippen molar-refractivity contribution in [3.05, 3.63) is 30.3 Å². The summed E-state index contributed by atoms with van der Waals surface area (Å²) < 4.78 is 0. The summed E-state index contributed by atoms with van der Waals surface area (Å²) in [7, 11) is 0. The number of carbonyl (C=O) groups excluding carboxylic acids is 2. The predicted molar refractivity (Wildman–Crippen MR) is 57.7 cm³/mol. The fraction of sp³-hybridized carbons (Fsp3) is 0.333. The average Bonchev–Trinajstić information content (AvgIpc) is 2.40. The van der Waals surface area contributed by atoms with Crippen LogP contribution in [0.4, 0.5) is 5.69 Å². The molecule has 1 aromatic carbocycles. The van der Waals surface area contributed by atoms with Gasteiger partial charge < -0.3 is 4.90 Å². The molecule has 1 aliphatic rings. The van der Waals surface area contributed by atoms with E-state index in [9.17, 15) is 9.59 Å². The number of amides is 1. The van der Waals surface area contributed by atoms with Gasteiger partial charge in [0.2, 0.25) is 5.91 Å². The predicted octanol–water partition coefficient (Wildman–Crippen LogP) is 1.77. The topological polar surface area (TPSA) is 37.4 Å². The lowest BCUT2D eigenvalue weighted by atomic mass is 10.2. The minimum Gasteiger partial charge on any atom is -0.312 e. The third-order valence-electron chi connectivity index (χ3n) is 2.55. The molecule has 3 nitrogen and oxygen atoms in total. The second-order valence-corrected chi connectivity index (χ2v) is 3.70. The normalized spacial score (nSPS) is 17.7. The van der Waals surface area contributed by atoms with Crippen LogP contribution in [0, 0.1) is 0 Å². The smallest absolute Gasteiger partial charge is 0.234 e. The number of benzene rings is 1. The highest BCUT2D eigenvalue weighted by molar-refractivity contribution is 6.06. The molecule has 0 atom stereocenters. The van der Waals surface area contributed by atoms with Gasteiger partial charge in [0.1, 0.15) is 5.78 Å². The summed E-state index contributed by atoms with van der Waals surface area (Å²) in [5.74, 6) is -0.0258. The van der Waals surface area contributed by atoms with Gasteiger partial charge in [0, 0.05) is 18.7 Å². The molecule has 2 rings (SSSR count). The Morgan fingerprint density at radius 3 is 2.53 bits per heavy atom. The van der Waals surface area contributed by atoms with Crippen molar-refractivity contribution in [1.29, 1.82) is 0 Å². The largest absolute Gasteiger partial charge is 0.312 e. The van der Waals surface area contributed by atoms with Crippen LogP contribution in [0.15, 0.2) is 30.3 Å². The van der Waals surface area contributed by atoms with Gasteiger partial charge in [-0.25, -0.2) is 0 Å². The maximum Gasteiger partial charge on any atom is 0.234 e. The molecule has 0 unspecified atom stereocenters. The monoisotopic (exact) mass is 203 g/mol. The van der Waals surface area contributed by atoms with Crippen molar-refractivity contribution >= 4 is 17.4 Å². The van der Waals surface area contributed by atoms with Gasteiger partial charge in [0.25, 0.3) is 0 Å². The quantitative estimate of drug-likeness (QED) is 0.652. The first-order valence-electron chi connectivity index (χ1n) is 5.14. The summed E-state index contributed by atoms with van der Waals surface area (Å²) in [6.07, 6.45) is 1.34. The van der Waals surface area contributed by atoms with Crippen LogP contribution in [-0.2, 0) is 9.59 Å². The lowest BCUT2D eigenvalue weighted by Gasteiger charge is -2.19. The zero-order valence-corrected chi connectivity index (χ0v) is 8.48. The first-order valence-corrected chi connectivity index (χ1v) is 5.14. The molecule has 0 bridgehead atoms.